The fraction of sp³-hybridized carbons (Fsp3) is 0.143. The SMILES string of the molecule is CC(=O)Oc1ccc2ccc(OC(C)=O)c-2cc1. The minimum atomic E-state index is -0.374. The van der Waals surface area contributed by atoms with Crippen LogP contribution in [0.1, 0.15) is 13.8 Å². The third-order valence-corrected chi connectivity index (χ3v) is 2.35. The average molecular weight is 244 g/mol. The first-order valence-electron chi connectivity index (χ1n) is 5.46. The predicted octanol–water partition coefficient (Wildman–Crippen LogP) is 2.64. The van der Waals surface area contributed by atoms with Crippen molar-refractivity contribution in [2.75, 3.05) is 0 Å². The van der Waals surface area contributed by atoms with Gasteiger partial charge in [0.1, 0.15) is 11.5 Å². The van der Waals surface area contributed by atoms with E-state index in [4.69, 9.17) is 9.47 Å². The number of hydrogen-bond acceptors (Lipinski definition) is 4. The first-order chi connectivity index (χ1) is 8.56. The van der Waals surface area contributed by atoms with E-state index in [1.807, 2.05) is 6.07 Å². The molecule has 0 heterocycles. The molecule has 0 radical (unpaired) electrons. The van der Waals surface area contributed by atoms with Gasteiger partial charge in [-0.2, -0.15) is 0 Å². The normalized spacial score (nSPS) is 10.1. The van der Waals surface area contributed by atoms with Crippen molar-refractivity contribution in [3.63, 3.8) is 0 Å². The maximum absolute atomic E-state index is 11.0. The molecule has 0 aliphatic heterocycles. The van der Waals surface area contributed by atoms with Crippen molar-refractivity contribution in [3.05, 3.63) is 36.4 Å². The van der Waals surface area contributed by atoms with E-state index in [1.165, 1.54) is 13.8 Å². The van der Waals surface area contributed by atoms with Gasteiger partial charge in [0.2, 0.25) is 0 Å². The Morgan fingerprint density at radius 2 is 1.44 bits per heavy atom. The number of carbonyl (C=O) groups is 2. The summed E-state index contributed by atoms with van der Waals surface area (Å²) in [6.45, 7) is 2.70. The van der Waals surface area contributed by atoms with E-state index in [-0.39, 0.29) is 11.9 Å². The Morgan fingerprint density at radius 3 is 2.11 bits per heavy atom. The summed E-state index contributed by atoms with van der Waals surface area (Å²) in [5.74, 6) is 0.213. The highest BCUT2D eigenvalue weighted by molar-refractivity contribution is 5.79. The van der Waals surface area contributed by atoms with Crippen LogP contribution in [0.15, 0.2) is 36.4 Å². The predicted molar refractivity (Wildman–Crippen MR) is 65.7 cm³/mol. The van der Waals surface area contributed by atoms with Crippen molar-refractivity contribution in [2.45, 2.75) is 13.8 Å². The number of hydrogen-bond donors (Lipinski definition) is 0. The molecule has 2 aliphatic rings. The van der Waals surface area contributed by atoms with Crippen LogP contribution < -0.4 is 9.47 Å². The van der Waals surface area contributed by atoms with Gasteiger partial charge in [0.25, 0.3) is 0 Å². The summed E-state index contributed by atoms with van der Waals surface area (Å²) in [6, 6.07) is 10.5. The third kappa shape index (κ3) is 2.66. The second-order valence-electron chi connectivity index (χ2n) is 3.82. The Bertz CT molecular complexity index is 574. The van der Waals surface area contributed by atoms with Crippen molar-refractivity contribution in [1.29, 1.82) is 0 Å². The van der Waals surface area contributed by atoms with Crippen molar-refractivity contribution >= 4 is 11.9 Å². The van der Waals surface area contributed by atoms with Crippen LogP contribution in [0.25, 0.3) is 11.1 Å². The maximum Gasteiger partial charge on any atom is 0.308 e. The summed E-state index contributed by atoms with van der Waals surface area (Å²) in [5.41, 5.74) is 1.70. The maximum atomic E-state index is 11.0. The molecule has 0 unspecified atom stereocenters. The van der Waals surface area contributed by atoms with Gasteiger partial charge < -0.3 is 9.47 Å². The Balaban J connectivity index is 2.39. The van der Waals surface area contributed by atoms with E-state index in [2.05, 4.69) is 0 Å². The van der Waals surface area contributed by atoms with Gasteiger partial charge in [-0.1, -0.05) is 12.1 Å². The van der Waals surface area contributed by atoms with Crippen molar-refractivity contribution < 1.29 is 19.1 Å². The van der Waals surface area contributed by atoms with Crippen molar-refractivity contribution in [2.24, 2.45) is 0 Å². The molecule has 0 amide bonds. The zero-order chi connectivity index (χ0) is 13.1. The minimum Gasteiger partial charge on any atom is -0.427 e. The molecule has 0 saturated heterocycles. The molecule has 0 saturated carbocycles. The summed E-state index contributed by atoms with van der Waals surface area (Å²) in [7, 11) is 0. The monoisotopic (exact) mass is 244 g/mol. The Labute approximate surface area is 104 Å². The quantitative estimate of drug-likeness (QED) is 0.762. The molecule has 0 spiro atoms. The molecule has 0 aromatic carbocycles. The van der Waals surface area contributed by atoms with E-state index in [9.17, 15) is 9.59 Å². The fourth-order valence-electron chi connectivity index (χ4n) is 1.68. The number of rotatable bonds is 2. The van der Waals surface area contributed by atoms with Crippen LogP contribution in [-0.2, 0) is 9.59 Å². The molecule has 18 heavy (non-hydrogen) atoms. The second-order valence-corrected chi connectivity index (χ2v) is 3.82. The van der Waals surface area contributed by atoms with Gasteiger partial charge in [0.05, 0.1) is 0 Å². The first-order valence-corrected chi connectivity index (χ1v) is 5.46. The van der Waals surface area contributed by atoms with E-state index < -0.39 is 0 Å². The van der Waals surface area contributed by atoms with Crippen LogP contribution in [0, 0.1) is 0 Å². The fourth-order valence-corrected chi connectivity index (χ4v) is 1.68. The lowest BCUT2D eigenvalue weighted by Crippen LogP contribution is -2.00. The molecular formula is C14H12O4. The van der Waals surface area contributed by atoms with Crippen LogP contribution in [0.2, 0.25) is 0 Å². The number of ether oxygens (including phenoxy) is 2. The highest BCUT2D eigenvalue weighted by atomic mass is 16.5. The highest BCUT2D eigenvalue weighted by Gasteiger charge is 2.11. The number of esters is 2. The number of carbonyl (C=O) groups excluding carboxylic acids is 2. The summed E-state index contributed by atoms with van der Waals surface area (Å²) in [6.07, 6.45) is 0. The lowest BCUT2D eigenvalue weighted by atomic mass is 10.2. The Kier molecular flexibility index (Phi) is 3.28. The van der Waals surface area contributed by atoms with Crippen LogP contribution in [0.5, 0.6) is 11.5 Å². The standard InChI is InChI=1S/C14H12O4/c1-9(15)17-12-5-3-11-4-8-14(18-10(2)16)13(11)7-6-12/h3-8H,1-2H3. The first kappa shape index (κ1) is 12.1. The van der Waals surface area contributed by atoms with Gasteiger partial charge in [0.15, 0.2) is 0 Å². The van der Waals surface area contributed by atoms with Gasteiger partial charge in [-0.3, -0.25) is 9.59 Å². The average Bonchev–Trinajstić information content (AvgIpc) is 2.51. The lowest BCUT2D eigenvalue weighted by molar-refractivity contribution is -0.132. The lowest BCUT2D eigenvalue weighted by Gasteiger charge is -2.00. The van der Waals surface area contributed by atoms with E-state index >= 15 is 0 Å². The van der Waals surface area contributed by atoms with Crippen LogP contribution in [0.4, 0.5) is 0 Å². The largest absolute Gasteiger partial charge is 0.427 e. The molecular weight excluding hydrogens is 232 g/mol. The van der Waals surface area contributed by atoms with Gasteiger partial charge >= 0.3 is 11.9 Å². The smallest absolute Gasteiger partial charge is 0.308 e. The number of fused-ring (bicyclic) bond motifs is 1. The molecule has 2 aliphatic carbocycles. The summed E-state index contributed by atoms with van der Waals surface area (Å²) < 4.78 is 10.1. The highest BCUT2D eigenvalue weighted by Crippen LogP contribution is 2.34. The molecule has 0 fully saturated rings. The van der Waals surface area contributed by atoms with Gasteiger partial charge in [-0.15, -0.1) is 0 Å². The van der Waals surface area contributed by atoms with Gasteiger partial charge in [-0.25, -0.2) is 0 Å². The molecule has 92 valence electrons. The second kappa shape index (κ2) is 4.87. The van der Waals surface area contributed by atoms with Gasteiger partial charge in [-0.05, 0) is 29.8 Å². The van der Waals surface area contributed by atoms with Gasteiger partial charge in [0, 0.05) is 19.4 Å². The Morgan fingerprint density at radius 1 is 0.833 bits per heavy atom. The zero-order valence-corrected chi connectivity index (χ0v) is 10.1. The third-order valence-electron chi connectivity index (χ3n) is 2.35. The summed E-state index contributed by atoms with van der Waals surface area (Å²) in [5, 5.41) is 0. The molecule has 0 atom stereocenters. The molecule has 4 nitrogen and oxygen atoms in total. The van der Waals surface area contributed by atoms with Crippen molar-refractivity contribution in [1.82, 2.24) is 0 Å². The molecule has 0 N–H and O–H groups in total. The minimum absolute atomic E-state index is 0.366. The zero-order valence-electron chi connectivity index (χ0n) is 10.1. The topological polar surface area (TPSA) is 52.6 Å². The van der Waals surface area contributed by atoms with Crippen LogP contribution in [0.3, 0.4) is 0 Å². The van der Waals surface area contributed by atoms with E-state index in [0.29, 0.717) is 11.5 Å². The van der Waals surface area contributed by atoms with E-state index in [0.717, 1.165) is 11.1 Å². The molecule has 0 aromatic heterocycles. The molecule has 2 rings (SSSR count). The summed E-state index contributed by atoms with van der Waals surface area (Å²) >= 11 is 0. The van der Waals surface area contributed by atoms with E-state index in [1.54, 1.807) is 30.3 Å². The molecule has 4 heteroatoms. The van der Waals surface area contributed by atoms with Crippen LogP contribution in [-0.4, -0.2) is 11.9 Å². The van der Waals surface area contributed by atoms with Crippen LogP contribution >= 0.6 is 0 Å². The Hall–Kier alpha value is -2.36. The molecule has 0 bridgehead atoms. The van der Waals surface area contributed by atoms with Crippen molar-refractivity contribution in [3.8, 4) is 22.6 Å². The summed E-state index contributed by atoms with van der Waals surface area (Å²) in [4.78, 5) is 21.8. The molecule has 0 aromatic rings.